The third-order valence-corrected chi connectivity index (χ3v) is 4.24. The smallest absolute Gasteiger partial charge is 0.244 e. The first-order valence-corrected chi connectivity index (χ1v) is 7.39. The van der Waals surface area contributed by atoms with Crippen molar-refractivity contribution >= 4 is 50.7 Å². The molecule has 1 unspecified atom stereocenters. The molecule has 0 saturated heterocycles. The van der Waals surface area contributed by atoms with E-state index >= 15 is 0 Å². The number of primary amides is 1. The molecule has 0 fully saturated rings. The van der Waals surface area contributed by atoms with Gasteiger partial charge >= 0.3 is 0 Å². The number of anilines is 1. The van der Waals surface area contributed by atoms with Crippen molar-refractivity contribution in [1.29, 1.82) is 0 Å². The zero-order chi connectivity index (χ0) is 15.6. The van der Waals surface area contributed by atoms with E-state index in [-0.39, 0.29) is 10.6 Å². The van der Waals surface area contributed by atoms with Crippen molar-refractivity contribution in [3.05, 3.63) is 62.3 Å². The van der Waals surface area contributed by atoms with E-state index in [0.29, 0.717) is 15.2 Å². The van der Waals surface area contributed by atoms with Crippen LogP contribution in [0.2, 0.25) is 10.0 Å². The Morgan fingerprint density at radius 2 is 1.95 bits per heavy atom. The highest BCUT2D eigenvalue weighted by Crippen LogP contribution is 2.29. The summed E-state index contributed by atoms with van der Waals surface area (Å²) in [6.07, 6.45) is 0. The minimum Gasteiger partial charge on any atom is -0.370 e. The second-order valence-corrected chi connectivity index (χ2v) is 5.97. The third kappa shape index (κ3) is 3.87. The first-order valence-electron chi connectivity index (χ1n) is 5.84. The molecule has 0 aromatic heterocycles. The topological polar surface area (TPSA) is 55.1 Å². The lowest BCUT2D eigenvalue weighted by atomic mass is 10.1. The molecule has 110 valence electrons. The van der Waals surface area contributed by atoms with E-state index in [1.54, 1.807) is 18.2 Å². The summed E-state index contributed by atoms with van der Waals surface area (Å²) in [7, 11) is 0. The van der Waals surface area contributed by atoms with Crippen molar-refractivity contribution in [3.63, 3.8) is 0 Å². The van der Waals surface area contributed by atoms with Crippen LogP contribution < -0.4 is 11.1 Å². The zero-order valence-corrected chi connectivity index (χ0v) is 13.6. The highest BCUT2D eigenvalue weighted by Gasteiger charge is 2.21. The standard InChI is InChI=1S/C14H10BrCl2FN2O/c15-10-6-8(2-4-11(10)17)20-13(14(19)21)9-3-1-7(16)5-12(9)18/h1-6,13,20H,(H2,19,21). The Labute approximate surface area is 139 Å². The van der Waals surface area contributed by atoms with Gasteiger partial charge in [0.2, 0.25) is 5.91 Å². The van der Waals surface area contributed by atoms with Crippen LogP contribution in [0.5, 0.6) is 0 Å². The van der Waals surface area contributed by atoms with E-state index < -0.39 is 17.8 Å². The van der Waals surface area contributed by atoms with Gasteiger partial charge in [-0.3, -0.25) is 4.79 Å². The van der Waals surface area contributed by atoms with Gasteiger partial charge in [0.15, 0.2) is 0 Å². The van der Waals surface area contributed by atoms with Gasteiger partial charge in [-0.25, -0.2) is 4.39 Å². The van der Waals surface area contributed by atoms with E-state index in [1.807, 2.05) is 0 Å². The highest BCUT2D eigenvalue weighted by atomic mass is 79.9. The van der Waals surface area contributed by atoms with E-state index in [2.05, 4.69) is 21.2 Å². The van der Waals surface area contributed by atoms with E-state index in [0.717, 1.165) is 6.07 Å². The molecule has 0 radical (unpaired) electrons. The summed E-state index contributed by atoms with van der Waals surface area (Å²) in [5.41, 5.74) is 6.05. The Morgan fingerprint density at radius 3 is 2.52 bits per heavy atom. The van der Waals surface area contributed by atoms with Crippen molar-refractivity contribution in [1.82, 2.24) is 0 Å². The number of benzene rings is 2. The zero-order valence-electron chi connectivity index (χ0n) is 10.5. The predicted molar refractivity (Wildman–Crippen MR) is 86.1 cm³/mol. The van der Waals surface area contributed by atoms with Crippen LogP contribution in [0.25, 0.3) is 0 Å². The quantitative estimate of drug-likeness (QED) is 0.804. The molecular weight excluding hydrogens is 382 g/mol. The van der Waals surface area contributed by atoms with Gasteiger partial charge in [0.25, 0.3) is 0 Å². The molecule has 0 aliphatic carbocycles. The van der Waals surface area contributed by atoms with Gasteiger partial charge in [-0.1, -0.05) is 29.3 Å². The Hall–Kier alpha value is -1.30. The fourth-order valence-corrected chi connectivity index (χ4v) is 2.45. The predicted octanol–water partition coefficient (Wildman–Crippen LogP) is 4.53. The number of hydrogen-bond acceptors (Lipinski definition) is 2. The molecule has 7 heteroatoms. The lowest BCUT2D eigenvalue weighted by molar-refractivity contribution is -0.118. The van der Waals surface area contributed by atoms with Crippen molar-refractivity contribution in [2.24, 2.45) is 5.73 Å². The third-order valence-electron chi connectivity index (χ3n) is 2.79. The lowest BCUT2D eigenvalue weighted by Gasteiger charge is -2.18. The first-order chi connectivity index (χ1) is 9.88. The van der Waals surface area contributed by atoms with Gasteiger partial charge in [0.05, 0.1) is 5.02 Å². The number of carbonyl (C=O) groups is 1. The molecule has 1 amide bonds. The number of amides is 1. The summed E-state index contributed by atoms with van der Waals surface area (Å²) in [5, 5.41) is 3.64. The van der Waals surface area contributed by atoms with Crippen molar-refractivity contribution in [2.45, 2.75) is 6.04 Å². The van der Waals surface area contributed by atoms with Crippen LogP contribution in [0.15, 0.2) is 40.9 Å². The Balaban J connectivity index is 2.35. The number of carbonyl (C=O) groups excluding carboxylic acids is 1. The van der Waals surface area contributed by atoms with Crippen molar-refractivity contribution < 1.29 is 9.18 Å². The minimum atomic E-state index is -1.02. The van der Waals surface area contributed by atoms with Gasteiger partial charge in [0.1, 0.15) is 11.9 Å². The molecule has 0 bridgehead atoms. The largest absolute Gasteiger partial charge is 0.370 e. The molecular formula is C14H10BrCl2FN2O. The van der Waals surface area contributed by atoms with Gasteiger partial charge in [-0.05, 0) is 46.3 Å². The Kier molecular flexibility index (Phi) is 5.08. The fraction of sp³-hybridized carbons (Fsp3) is 0.0714. The average Bonchev–Trinajstić information content (AvgIpc) is 2.40. The molecule has 21 heavy (non-hydrogen) atoms. The maximum absolute atomic E-state index is 13.9. The molecule has 2 rings (SSSR count). The van der Waals surface area contributed by atoms with E-state index in [9.17, 15) is 9.18 Å². The van der Waals surface area contributed by atoms with Gasteiger partial charge in [-0.2, -0.15) is 0 Å². The van der Waals surface area contributed by atoms with Crippen LogP contribution in [-0.4, -0.2) is 5.91 Å². The number of halogens is 4. The van der Waals surface area contributed by atoms with Crippen LogP contribution in [0, 0.1) is 5.82 Å². The molecule has 0 spiro atoms. The molecule has 0 heterocycles. The summed E-state index contributed by atoms with van der Waals surface area (Å²) >= 11 is 14.9. The normalized spacial score (nSPS) is 12.0. The Morgan fingerprint density at radius 1 is 1.24 bits per heavy atom. The fourth-order valence-electron chi connectivity index (χ4n) is 1.79. The summed E-state index contributed by atoms with van der Waals surface area (Å²) in [4.78, 5) is 11.6. The SMILES string of the molecule is NC(=O)C(Nc1ccc(Cl)c(Br)c1)c1ccc(Cl)cc1F. The number of hydrogen-bond donors (Lipinski definition) is 2. The van der Waals surface area contributed by atoms with Crippen molar-refractivity contribution in [3.8, 4) is 0 Å². The molecule has 0 saturated carbocycles. The van der Waals surface area contributed by atoms with Crippen LogP contribution in [-0.2, 0) is 4.79 Å². The summed E-state index contributed by atoms with van der Waals surface area (Å²) in [6, 6.07) is 8.01. The van der Waals surface area contributed by atoms with Gasteiger partial charge in [0, 0.05) is 20.7 Å². The van der Waals surface area contributed by atoms with E-state index in [4.69, 9.17) is 28.9 Å². The summed E-state index contributed by atoms with van der Waals surface area (Å²) in [5.74, 6) is -1.31. The average molecular weight is 392 g/mol. The second-order valence-electron chi connectivity index (χ2n) is 4.27. The van der Waals surface area contributed by atoms with Crippen LogP contribution >= 0.6 is 39.1 Å². The molecule has 2 aromatic carbocycles. The maximum atomic E-state index is 13.9. The highest BCUT2D eigenvalue weighted by molar-refractivity contribution is 9.10. The minimum absolute atomic E-state index is 0.123. The van der Waals surface area contributed by atoms with Crippen LogP contribution in [0.4, 0.5) is 10.1 Å². The van der Waals surface area contributed by atoms with E-state index in [1.165, 1.54) is 12.1 Å². The Bertz CT molecular complexity index is 697. The van der Waals surface area contributed by atoms with Crippen molar-refractivity contribution in [2.75, 3.05) is 5.32 Å². The summed E-state index contributed by atoms with van der Waals surface area (Å²) in [6.45, 7) is 0. The molecule has 3 nitrogen and oxygen atoms in total. The monoisotopic (exact) mass is 390 g/mol. The first kappa shape index (κ1) is 16.1. The van der Waals surface area contributed by atoms with Crippen LogP contribution in [0.3, 0.4) is 0 Å². The number of nitrogens with two attached hydrogens (primary N) is 1. The van der Waals surface area contributed by atoms with Crippen LogP contribution in [0.1, 0.15) is 11.6 Å². The van der Waals surface area contributed by atoms with Gasteiger partial charge in [-0.15, -0.1) is 0 Å². The molecule has 1 atom stereocenters. The number of rotatable bonds is 4. The number of nitrogens with one attached hydrogen (secondary N) is 1. The summed E-state index contributed by atoms with van der Waals surface area (Å²) < 4.78 is 14.6. The second kappa shape index (κ2) is 6.64. The molecule has 0 aliphatic rings. The maximum Gasteiger partial charge on any atom is 0.244 e. The molecule has 3 N–H and O–H groups in total. The van der Waals surface area contributed by atoms with Gasteiger partial charge < -0.3 is 11.1 Å². The molecule has 0 aliphatic heterocycles. The molecule has 2 aromatic rings. The lowest BCUT2D eigenvalue weighted by Crippen LogP contribution is -2.28.